The Morgan fingerprint density at radius 1 is 1.04 bits per heavy atom. The van der Waals surface area contributed by atoms with E-state index in [-0.39, 0.29) is 5.91 Å². The Labute approximate surface area is 156 Å². The molecule has 0 N–H and O–H groups in total. The largest absolute Gasteiger partial charge is 0.337 e. The molecule has 5 heteroatoms. The average Bonchev–Trinajstić information content (AvgIpc) is 2.83. The zero-order valence-electron chi connectivity index (χ0n) is 13.4. The normalized spacial score (nSPS) is 16.0. The number of rotatable bonds is 3. The molecule has 0 spiro atoms. The van der Waals surface area contributed by atoms with E-state index in [9.17, 15) is 4.79 Å². The van der Waals surface area contributed by atoms with Crippen LogP contribution in [0.15, 0.2) is 53.0 Å². The predicted molar refractivity (Wildman–Crippen MR) is 101 cm³/mol. The first-order valence-corrected chi connectivity index (χ1v) is 9.31. The Hall–Kier alpha value is -1.36. The fourth-order valence-electron chi connectivity index (χ4n) is 3.01. The molecule has 0 atom stereocenters. The van der Waals surface area contributed by atoms with Gasteiger partial charge in [0, 0.05) is 37.2 Å². The minimum absolute atomic E-state index is 0.0165. The first kappa shape index (κ1) is 17.5. The summed E-state index contributed by atoms with van der Waals surface area (Å²) in [6.07, 6.45) is 0.976. The van der Waals surface area contributed by atoms with Gasteiger partial charge in [-0.3, -0.25) is 9.69 Å². The Kier molecular flexibility index (Phi) is 5.93. The second kappa shape index (κ2) is 8.15. The van der Waals surface area contributed by atoms with Crippen molar-refractivity contribution < 1.29 is 4.79 Å². The van der Waals surface area contributed by atoms with E-state index in [4.69, 9.17) is 11.6 Å². The van der Waals surface area contributed by atoms with Crippen LogP contribution in [-0.4, -0.2) is 41.9 Å². The van der Waals surface area contributed by atoms with Crippen LogP contribution in [0.5, 0.6) is 0 Å². The van der Waals surface area contributed by atoms with Gasteiger partial charge in [-0.15, -0.1) is 0 Å². The minimum Gasteiger partial charge on any atom is -0.337 e. The molecule has 1 saturated heterocycles. The Morgan fingerprint density at radius 2 is 1.83 bits per heavy atom. The highest BCUT2D eigenvalue weighted by atomic mass is 79.9. The van der Waals surface area contributed by atoms with E-state index in [0.29, 0.717) is 10.6 Å². The molecule has 1 amide bonds. The van der Waals surface area contributed by atoms with Gasteiger partial charge >= 0.3 is 0 Å². The zero-order valence-corrected chi connectivity index (χ0v) is 15.8. The molecule has 0 radical (unpaired) electrons. The molecule has 0 aromatic heterocycles. The van der Waals surface area contributed by atoms with Crippen molar-refractivity contribution in [2.24, 2.45) is 0 Å². The van der Waals surface area contributed by atoms with Crippen LogP contribution in [0.4, 0.5) is 0 Å². The number of carbonyl (C=O) groups excluding carboxylic acids is 1. The maximum Gasteiger partial charge on any atom is 0.255 e. The van der Waals surface area contributed by atoms with Gasteiger partial charge in [0.25, 0.3) is 5.91 Å². The van der Waals surface area contributed by atoms with Gasteiger partial charge < -0.3 is 4.90 Å². The fourth-order valence-corrected chi connectivity index (χ4v) is 3.56. The average molecular weight is 408 g/mol. The minimum atomic E-state index is 0.0165. The lowest BCUT2D eigenvalue weighted by Crippen LogP contribution is -2.35. The molecule has 0 saturated carbocycles. The van der Waals surface area contributed by atoms with Gasteiger partial charge in [-0.05, 0) is 30.2 Å². The van der Waals surface area contributed by atoms with Gasteiger partial charge in [-0.2, -0.15) is 0 Å². The highest BCUT2D eigenvalue weighted by Gasteiger charge is 2.22. The molecule has 1 aliphatic heterocycles. The lowest BCUT2D eigenvalue weighted by atomic mass is 10.2. The summed E-state index contributed by atoms with van der Waals surface area (Å²) in [5.74, 6) is 0.0165. The van der Waals surface area contributed by atoms with Crippen molar-refractivity contribution in [2.45, 2.75) is 13.0 Å². The van der Waals surface area contributed by atoms with Crippen molar-refractivity contribution in [3.05, 3.63) is 69.2 Å². The van der Waals surface area contributed by atoms with Crippen molar-refractivity contribution in [1.29, 1.82) is 0 Å². The van der Waals surface area contributed by atoms with Crippen LogP contribution in [-0.2, 0) is 6.54 Å². The van der Waals surface area contributed by atoms with Crippen molar-refractivity contribution in [1.82, 2.24) is 9.80 Å². The number of halogens is 2. The number of benzene rings is 2. The summed E-state index contributed by atoms with van der Waals surface area (Å²) in [6, 6.07) is 15.9. The Morgan fingerprint density at radius 3 is 2.62 bits per heavy atom. The van der Waals surface area contributed by atoms with E-state index in [1.54, 1.807) is 12.1 Å². The summed E-state index contributed by atoms with van der Waals surface area (Å²) in [4.78, 5) is 17.1. The van der Waals surface area contributed by atoms with Crippen LogP contribution in [0.3, 0.4) is 0 Å². The second-order valence-electron chi connectivity index (χ2n) is 6.03. The van der Waals surface area contributed by atoms with Gasteiger partial charge in [0.15, 0.2) is 0 Å². The van der Waals surface area contributed by atoms with Gasteiger partial charge in [-0.1, -0.05) is 57.9 Å². The molecule has 1 heterocycles. The number of hydrogen-bond acceptors (Lipinski definition) is 2. The molecule has 0 bridgehead atoms. The fraction of sp³-hybridized carbons (Fsp3) is 0.316. The van der Waals surface area contributed by atoms with E-state index in [1.165, 1.54) is 5.56 Å². The van der Waals surface area contributed by atoms with E-state index < -0.39 is 0 Å². The van der Waals surface area contributed by atoms with Gasteiger partial charge in [0.2, 0.25) is 0 Å². The molecule has 3 rings (SSSR count). The first-order valence-electron chi connectivity index (χ1n) is 8.14. The van der Waals surface area contributed by atoms with E-state index in [0.717, 1.165) is 43.6 Å². The topological polar surface area (TPSA) is 23.6 Å². The standard InChI is InChI=1S/C19H20BrClN2O/c20-16-7-8-18(21)17(13-16)19(24)23-10-4-9-22(11-12-23)14-15-5-2-1-3-6-15/h1-3,5-8,13H,4,9-12,14H2. The maximum atomic E-state index is 12.8. The lowest BCUT2D eigenvalue weighted by Gasteiger charge is -2.22. The maximum absolute atomic E-state index is 12.8. The first-order chi connectivity index (χ1) is 11.6. The van der Waals surface area contributed by atoms with Gasteiger partial charge in [-0.25, -0.2) is 0 Å². The summed E-state index contributed by atoms with van der Waals surface area (Å²) in [7, 11) is 0. The van der Waals surface area contributed by atoms with E-state index in [1.807, 2.05) is 17.0 Å². The lowest BCUT2D eigenvalue weighted by molar-refractivity contribution is 0.0761. The molecular weight excluding hydrogens is 388 g/mol. The monoisotopic (exact) mass is 406 g/mol. The van der Waals surface area contributed by atoms with Crippen molar-refractivity contribution in [3.63, 3.8) is 0 Å². The third-order valence-corrected chi connectivity index (χ3v) is 5.11. The molecule has 1 aliphatic rings. The van der Waals surface area contributed by atoms with Gasteiger partial charge in [0.1, 0.15) is 0 Å². The van der Waals surface area contributed by atoms with Crippen molar-refractivity contribution in [2.75, 3.05) is 26.2 Å². The molecular formula is C19H20BrClN2O. The molecule has 3 nitrogen and oxygen atoms in total. The molecule has 24 heavy (non-hydrogen) atoms. The third kappa shape index (κ3) is 4.38. The highest BCUT2D eigenvalue weighted by molar-refractivity contribution is 9.10. The van der Waals surface area contributed by atoms with Crippen molar-refractivity contribution in [3.8, 4) is 0 Å². The molecule has 0 unspecified atom stereocenters. The highest BCUT2D eigenvalue weighted by Crippen LogP contribution is 2.23. The molecule has 2 aromatic carbocycles. The van der Waals surface area contributed by atoms with Crippen LogP contribution in [0.1, 0.15) is 22.3 Å². The quantitative estimate of drug-likeness (QED) is 0.750. The zero-order chi connectivity index (χ0) is 16.9. The third-order valence-electron chi connectivity index (χ3n) is 4.28. The van der Waals surface area contributed by atoms with Crippen LogP contribution < -0.4 is 0 Å². The Balaban J connectivity index is 1.65. The van der Waals surface area contributed by atoms with E-state index in [2.05, 4.69) is 45.1 Å². The van der Waals surface area contributed by atoms with E-state index >= 15 is 0 Å². The summed E-state index contributed by atoms with van der Waals surface area (Å²) in [6.45, 7) is 4.32. The molecule has 126 valence electrons. The van der Waals surface area contributed by atoms with Crippen molar-refractivity contribution >= 4 is 33.4 Å². The summed E-state index contributed by atoms with van der Waals surface area (Å²) in [5.41, 5.74) is 1.88. The van der Waals surface area contributed by atoms with Crippen LogP contribution in [0, 0.1) is 0 Å². The number of amides is 1. The number of hydrogen-bond donors (Lipinski definition) is 0. The molecule has 2 aromatic rings. The number of carbonyl (C=O) groups is 1. The SMILES string of the molecule is O=C(c1cc(Br)ccc1Cl)N1CCCN(Cc2ccccc2)CC1. The van der Waals surface area contributed by atoms with Gasteiger partial charge in [0.05, 0.1) is 10.6 Å². The van der Waals surface area contributed by atoms with Crippen LogP contribution in [0.2, 0.25) is 5.02 Å². The summed E-state index contributed by atoms with van der Waals surface area (Å²) in [5, 5.41) is 0.508. The summed E-state index contributed by atoms with van der Waals surface area (Å²) >= 11 is 9.62. The summed E-state index contributed by atoms with van der Waals surface area (Å²) < 4.78 is 0.871. The predicted octanol–water partition coefficient (Wildman–Crippen LogP) is 4.45. The Bertz CT molecular complexity index is 708. The molecule has 0 aliphatic carbocycles. The molecule has 1 fully saturated rings. The second-order valence-corrected chi connectivity index (χ2v) is 7.35. The van der Waals surface area contributed by atoms with Crippen LogP contribution in [0.25, 0.3) is 0 Å². The smallest absolute Gasteiger partial charge is 0.255 e. The van der Waals surface area contributed by atoms with Crippen LogP contribution >= 0.6 is 27.5 Å². The number of nitrogens with zero attached hydrogens (tertiary/aromatic N) is 2.